The van der Waals surface area contributed by atoms with E-state index in [0.717, 1.165) is 0 Å². The SMILES string of the molecule is Cc1cccc(C)c1C1=CC(C)(C)CCC1(C)C. The molecular weight excluding hydrogens is 216 g/mol. The number of allylic oxidation sites excluding steroid dienone is 2. The first-order chi connectivity index (χ1) is 8.23. The number of rotatable bonds is 1. The van der Waals surface area contributed by atoms with Gasteiger partial charge in [-0.3, -0.25) is 0 Å². The van der Waals surface area contributed by atoms with E-state index in [2.05, 4.69) is 65.8 Å². The average Bonchev–Trinajstić information content (AvgIpc) is 2.23. The molecule has 0 N–H and O–H groups in total. The van der Waals surface area contributed by atoms with E-state index in [0.29, 0.717) is 10.8 Å². The molecule has 0 saturated carbocycles. The summed E-state index contributed by atoms with van der Waals surface area (Å²) in [6.07, 6.45) is 5.08. The maximum absolute atomic E-state index is 2.52. The topological polar surface area (TPSA) is 0 Å². The van der Waals surface area contributed by atoms with Crippen molar-refractivity contribution in [3.05, 3.63) is 41.0 Å². The zero-order valence-corrected chi connectivity index (χ0v) is 12.7. The Morgan fingerprint density at radius 3 is 2.00 bits per heavy atom. The van der Waals surface area contributed by atoms with E-state index in [9.17, 15) is 0 Å². The Labute approximate surface area is 112 Å². The van der Waals surface area contributed by atoms with Crippen molar-refractivity contribution in [1.29, 1.82) is 0 Å². The third kappa shape index (κ3) is 2.39. The maximum atomic E-state index is 2.52. The van der Waals surface area contributed by atoms with E-state index in [4.69, 9.17) is 0 Å². The summed E-state index contributed by atoms with van der Waals surface area (Å²) >= 11 is 0. The van der Waals surface area contributed by atoms with Crippen LogP contribution in [0.25, 0.3) is 5.57 Å². The molecule has 0 heterocycles. The van der Waals surface area contributed by atoms with Gasteiger partial charge in [-0.25, -0.2) is 0 Å². The third-order valence-corrected chi connectivity index (χ3v) is 4.41. The highest BCUT2D eigenvalue weighted by molar-refractivity contribution is 5.75. The Morgan fingerprint density at radius 2 is 1.44 bits per heavy atom. The van der Waals surface area contributed by atoms with Crippen molar-refractivity contribution in [3.8, 4) is 0 Å². The molecule has 18 heavy (non-hydrogen) atoms. The molecule has 0 atom stereocenters. The zero-order valence-electron chi connectivity index (χ0n) is 12.7. The van der Waals surface area contributed by atoms with Gasteiger partial charge in [-0.2, -0.15) is 0 Å². The predicted octanol–water partition coefficient (Wildman–Crippen LogP) is 5.53. The fourth-order valence-corrected chi connectivity index (χ4v) is 3.08. The molecule has 0 aromatic heterocycles. The fraction of sp³-hybridized carbons (Fsp3) is 0.556. The van der Waals surface area contributed by atoms with Crippen LogP contribution in [0, 0.1) is 24.7 Å². The summed E-state index contributed by atoms with van der Waals surface area (Å²) in [4.78, 5) is 0. The Hall–Kier alpha value is -1.04. The second-order valence-electron chi connectivity index (χ2n) is 7.20. The first-order valence-electron chi connectivity index (χ1n) is 7.03. The number of benzene rings is 1. The van der Waals surface area contributed by atoms with Gasteiger partial charge in [-0.05, 0) is 59.8 Å². The largest absolute Gasteiger partial charge is 0.0745 e. The lowest BCUT2D eigenvalue weighted by Crippen LogP contribution is -2.26. The molecule has 1 aliphatic rings. The van der Waals surface area contributed by atoms with Crippen LogP contribution in [-0.2, 0) is 0 Å². The molecule has 98 valence electrons. The first kappa shape index (κ1) is 13.4. The average molecular weight is 242 g/mol. The highest BCUT2D eigenvalue weighted by atomic mass is 14.4. The van der Waals surface area contributed by atoms with Crippen LogP contribution in [0.5, 0.6) is 0 Å². The van der Waals surface area contributed by atoms with Crippen molar-refractivity contribution >= 4 is 5.57 Å². The molecule has 1 aromatic carbocycles. The molecule has 2 rings (SSSR count). The molecular formula is C18H26. The molecule has 0 saturated heterocycles. The Morgan fingerprint density at radius 1 is 0.889 bits per heavy atom. The molecule has 0 spiro atoms. The third-order valence-electron chi connectivity index (χ3n) is 4.41. The van der Waals surface area contributed by atoms with Crippen molar-refractivity contribution in [3.63, 3.8) is 0 Å². The lowest BCUT2D eigenvalue weighted by atomic mass is 9.65. The molecule has 1 aromatic rings. The van der Waals surface area contributed by atoms with Crippen LogP contribution in [-0.4, -0.2) is 0 Å². The van der Waals surface area contributed by atoms with E-state index in [1.807, 2.05) is 0 Å². The normalized spacial score (nSPS) is 21.6. The minimum Gasteiger partial charge on any atom is -0.0745 e. The minimum absolute atomic E-state index is 0.298. The van der Waals surface area contributed by atoms with Gasteiger partial charge >= 0.3 is 0 Å². The standard InChI is InChI=1S/C18H26/c1-13-8-7-9-14(2)16(13)15-12-17(3,4)10-11-18(15,5)6/h7-9,12H,10-11H2,1-6H3. The summed E-state index contributed by atoms with van der Waals surface area (Å²) in [6, 6.07) is 6.64. The highest BCUT2D eigenvalue weighted by Gasteiger charge is 2.34. The van der Waals surface area contributed by atoms with Crippen molar-refractivity contribution in [1.82, 2.24) is 0 Å². The molecule has 0 bridgehead atoms. The van der Waals surface area contributed by atoms with Gasteiger partial charge in [-0.15, -0.1) is 0 Å². The van der Waals surface area contributed by atoms with Crippen LogP contribution in [0.3, 0.4) is 0 Å². The van der Waals surface area contributed by atoms with Crippen molar-refractivity contribution in [2.24, 2.45) is 10.8 Å². The van der Waals surface area contributed by atoms with E-state index in [-0.39, 0.29) is 0 Å². The van der Waals surface area contributed by atoms with Crippen molar-refractivity contribution in [2.75, 3.05) is 0 Å². The summed E-state index contributed by atoms with van der Waals surface area (Å²) in [5, 5.41) is 0. The number of aryl methyl sites for hydroxylation is 2. The number of hydrogen-bond donors (Lipinski definition) is 0. The van der Waals surface area contributed by atoms with Crippen molar-refractivity contribution in [2.45, 2.75) is 54.4 Å². The van der Waals surface area contributed by atoms with E-state index in [1.165, 1.54) is 29.5 Å². The lowest BCUT2D eigenvalue weighted by molar-refractivity contribution is 0.312. The molecule has 0 amide bonds. The highest BCUT2D eigenvalue weighted by Crippen LogP contribution is 2.49. The Bertz CT molecular complexity index is 467. The van der Waals surface area contributed by atoms with E-state index >= 15 is 0 Å². The van der Waals surface area contributed by atoms with Crippen LogP contribution < -0.4 is 0 Å². The van der Waals surface area contributed by atoms with Gasteiger partial charge in [0.15, 0.2) is 0 Å². The lowest BCUT2D eigenvalue weighted by Gasteiger charge is -2.40. The molecule has 0 fully saturated rings. The Kier molecular flexibility index (Phi) is 3.17. The van der Waals surface area contributed by atoms with E-state index in [1.54, 1.807) is 5.57 Å². The second kappa shape index (κ2) is 4.26. The first-order valence-corrected chi connectivity index (χ1v) is 7.03. The molecule has 0 radical (unpaired) electrons. The van der Waals surface area contributed by atoms with Gasteiger partial charge < -0.3 is 0 Å². The van der Waals surface area contributed by atoms with E-state index < -0.39 is 0 Å². The minimum atomic E-state index is 0.298. The molecule has 0 nitrogen and oxygen atoms in total. The molecule has 1 aliphatic carbocycles. The maximum Gasteiger partial charge on any atom is -0.0100 e. The van der Waals surface area contributed by atoms with Crippen LogP contribution in [0.4, 0.5) is 0 Å². The molecule has 0 unspecified atom stereocenters. The summed E-state index contributed by atoms with van der Waals surface area (Å²) in [5.74, 6) is 0. The summed E-state index contributed by atoms with van der Waals surface area (Å²) in [6.45, 7) is 14.0. The van der Waals surface area contributed by atoms with Gasteiger partial charge in [0, 0.05) is 0 Å². The van der Waals surface area contributed by atoms with Gasteiger partial charge in [0.05, 0.1) is 0 Å². The molecule has 0 heteroatoms. The van der Waals surface area contributed by atoms with Crippen LogP contribution in [0.2, 0.25) is 0 Å². The summed E-state index contributed by atoms with van der Waals surface area (Å²) < 4.78 is 0. The fourth-order valence-electron chi connectivity index (χ4n) is 3.08. The summed E-state index contributed by atoms with van der Waals surface area (Å²) in [7, 11) is 0. The monoisotopic (exact) mass is 242 g/mol. The molecule has 0 aliphatic heterocycles. The number of hydrogen-bond acceptors (Lipinski definition) is 0. The van der Waals surface area contributed by atoms with Gasteiger partial charge in [-0.1, -0.05) is 52.0 Å². The van der Waals surface area contributed by atoms with Gasteiger partial charge in [0.1, 0.15) is 0 Å². The Balaban J connectivity index is 2.63. The smallest absolute Gasteiger partial charge is 0.0100 e. The van der Waals surface area contributed by atoms with Crippen LogP contribution in [0.1, 0.15) is 57.2 Å². The summed E-state index contributed by atoms with van der Waals surface area (Å²) in [5.41, 5.74) is 6.48. The quantitative estimate of drug-likeness (QED) is 0.607. The predicted molar refractivity (Wildman–Crippen MR) is 80.7 cm³/mol. The zero-order chi connectivity index (χ0) is 13.6. The second-order valence-corrected chi connectivity index (χ2v) is 7.20. The van der Waals surface area contributed by atoms with Crippen LogP contribution in [0.15, 0.2) is 24.3 Å². The van der Waals surface area contributed by atoms with Crippen molar-refractivity contribution < 1.29 is 0 Å². The van der Waals surface area contributed by atoms with Crippen LogP contribution >= 0.6 is 0 Å². The van der Waals surface area contributed by atoms with Gasteiger partial charge in [0.2, 0.25) is 0 Å². The van der Waals surface area contributed by atoms with Gasteiger partial charge in [0.25, 0.3) is 0 Å².